The van der Waals surface area contributed by atoms with Crippen LogP contribution in [0.4, 0.5) is 0 Å². The number of hydrogen-bond donors (Lipinski definition) is 1. The van der Waals surface area contributed by atoms with Crippen LogP contribution in [0.2, 0.25) is 0 Å². The van der Waals surface area contributed by atoms with Gasteiger partial charge in [-0.05, 0) is 24.4 Å². The Bertz CT molecular complexity index is 418. The van der Waals surface area contributed by atoms with E-state index in [-0.39, 0.29) is 0 Å². The molecule has 0 bridgehead atoms. The van der Waals surface area contributed by atoms with Crippen LogP contribution in [0.15, 0.2) is 42.5 Å². The monoisotopic (exact) mass is 185 g/mol. The number of fused-ring (bicyclic) bond motifs is 1. The van der Waals surface area contributed by atoms with Crippen LogP contribution in [0, 0.1) is 0 Å². The number of allylic oxidation sites excluding steroid dienone is 2. The molecule has 1 aromatic carbocycles. The van der Waals surface area contributed by atoms with E-state index in [0.29, 0.717) is 5.92 Å². The highest BCUT2D eigenvalue weighted by molar-refractivity contribution is 5.80. The average Bonchev–Trinajstić information content (AvgIpc) is 2.61. The van der Waals surface area contributed by atoms with Gasteiger partial charge in [-0.1, -0.05) is 37.3 Å². The van der Waals surface area contributed by atoms with Gasteiger partial charge in [0.2, 0.25) is 0 Å². The van der Waals surface area contributed by atoms with Crippen molar-refractivity contribution in [3.05, 3.63) is 48.2 Å². The first-order valence-electron chi connectivity index (χ1n) is 5.01. The highest BCUT2D eigenvalue weighted by atomic mass is 14.7. The molecular formula is C13H15N. The minimum Gasteiger partial charge on any atom is -0.358 e. The lowest BCUT2D eigenvalue weighted by Gasteiger charge is -2.01. The molecule has 0 aliphatic heterocycles. The van der Waals surface area contributed by atoms with Crippen LogP contribution in [0.25, 0.3) is 10.9 Å². The minimum atomic E-state index is 0.465. The van der Waals surface area contributed by atoms with E-state index in [1.165, 1.54) is 16.6 Å². The number of H-pyrrole nitrogens is 1. The maximum absolute atomic E-state index is 3.43. The van der Waals surface area contributed by atoms with Crippen molar-refractivity contribution in [1.82, 2.24) is 4.98 Å². The van der Waals surface area contributed by atoms with E-state index < -0.39 is 0 Å². The van der Waals surface area contributed by atoms with E-state index >= 15 is 0 Å². The summed E-state index contributed by atoms with van der Waals surface area (Å²) >= 11 is 0. The van der Waals surface area contributed by atoms with Crippen molar-refractivity contribution in [3.8, 4) is 0 Å². The topological polar surface area (TPSA) is 15.8 Å². The summed E-state index contributed by atoms with van der Waals surface area (Å²) in [6.45, 7) is 4.25. The molecule has 1 heteroatoms. The zero-order valence-electron chi connectivity index (χ0n) is 8.62. The Labute approximate surface area is 84.5 Å². The van der Waals surface area contributed by atoms with Crippen LogP contribution >= 0.6 is 0 Å². The normalized spacial score (nSPS) is 13.9. The van der Waals surface area contributed by atoms with Crippen LogP contribution in [0.5, 0.6) is 0 Å². The van der Waals surface area contributed by atoms with Gasteiger partial charge in [0.15, 0.2) is 0 Å². The number of rotatable bonds is 2. The van der Waals surface area contributed by atoms with Gasteiger partial charge in [-0.15, -0.1) is 0 Å². The average molecular weight is 185 g/mol. The minimum absolute atomic E-state index is 0.465. The van der Waals surface area contributed by atoms with Crippen LogP contribution < -0.4 is 0 Å². The van der Waals surface area contributed by atoms with Crippen LogP contribution in [0.1, 0.15) is 25.5 Å². The SMILES string of the molecule is C/C=C/C(C)c1cc2ccccc2[nH]1. The Balaban J connectivity index is 2.44. The number of hydrogen-bond acceptors (Lipinski definition) is 0. The molecule has 1 atom stereocenters. The summed E-state index contributed by atoms with van der Waals surface area (Å²) in [6, 6.07) is 10.6. The Kier molecular flexibility index (Phi) is 2.40. The molecule has 1 N–H and O–H groups in total. The highest BCUT2D eigenvalue weighted by Crippen LogP contribution is 2.21. The van der Waals surface area contributed by atoms with Crippen molar-refractivity contribution >= 4 is 10.9 Å². The molecule has 14 heavy (non-hydrogen) atoms. The van der Waals surface area contributed by atoms with Gasteiger partial charge in [-0.3, -0.25) is 0 Å². The van der Waals surface area contributed by atoms with Crippen molar-refractivity contribution in [1.29, 1.82) is 0 Å². The first-order chi connectivity index (χ1) is 6.81. The second-order valence-electron chi connectivity index (χ2n) is 3.63. The van der Waals surface area contributed by atoms with Gasteiger partial charge in [0, 0.05) is 17.1 Å². The molecule has 0 fully saturated rings. The molecule has 0 amide bonds. The van der Waals surface area contributed by atoms with Gasteiger partial charge in [0.25, 0.3) is 0 Å². The molecule has 0 saturated carbocycles. The summed E-state index contributed by atoms with van der Waals surface area (Å²) in [6.07, 6.45) is 4.29. The molecule has 2 rings (SSSR count). The number of benzene rings is 1. The van der Waals surface area contributed by atoms with Gasteiger partial charge >= 0.3 is 0 Å². The van der Waals surface area contributed by atoms with Crippen LogP contribution in [-0.4, -0.2) is 4.98 Å². The first kappa shape index (κ1) is 9.07. The summed E-state index contributed by atoms with van der Waals surface area (Å²) < 4.78 is 0. The predicted octanol–water partition coefficient (Wildman–Crippen LogP) is 3.85. The van der Waals surface area contributed by atoms with Crippen molar-refractivity contribution in [2.75, 3.05) is 0 Å². The summed E-state index contributed by atoms with van der Waals surface area (Å²) in [7, 11) is 0. The zero-order valence-corrected chi connectivity index (χ0v) is 8.62. The maximum atomic E-state index is 3.43. The number of aromatic nitrogens is 1. The van der Waals surface area contributed by atoms with E-state index in [4.69, 9.17) is 0 Å². The van der Waals surface area contributed by atoms with Crippen molar-refractivity contribution in [2.24, 2.45) is 0 Å². The van der Waals surface area contributed by atoms with Gasteiger partial charge in [-0.25, -0.2) is 0 Å². The number of para-hydroxylation sites is 1. The van der Waals surface area contributed by atoms with Gasteiger partial charge in [0.1, 0.15) is 0 Å². The molecule has 0 aliphatic carbocycles. The van der Waals surface area contributed by atoms with Gasteiger partial charge < -0.3 is 4.98 Å². The largest absolute Gasteiger partial charge is 0.358 e. The van der Waals surface area contributed by atoms with Gasteiger partial charge in [-0.2, -0.15) is 0 Å². The molecule has 0 radical (unpaired) electrons. The molecule has 1 nitrogen and oxygen atoms in total. The van der Waals surface area contributed by atoms with Crippen LogP contribution in [-0.2, 0) is 0 Å². The first-order valence-corrected chi connectivity index (χ1v) is 5.01. The molecule has 1 aromatic heterocycles. The predicted molar refractivity (Wildman–Crippen MR) is 61.5 cm³/mol. The Morgan fingerprint density at radius 1 is 1.29 bits per heavy atom. The van der Waals surface area contributed by atoms with Gasteiger partial charge in [0.05, 0.1) is 0 Å². The fraction of sp³-hybridized carbons (Fsp3) is 0.231. The molecule has 2 aromatic rings. The van der Waals surface area contributed by atoms with E-state index in [9.17, 15) is 0 Å². The second kappa shape index (κ2) is 3.70. The van der Waals surface area contributed by atoms with E-state index in [1.807, 2.05) is 0 Å². The third-order valence-electron chi connectivity index (χ3n) is 2.52. The summed E-state index contributed by atoms with van der Waals surface area (Å²) in [4.78, 5) is 3.43. The zero-order chi connectivity index (χ0) is 9.97. The summed E-state index contributed by atoms with van der Waals surface area (Å²) in [5.41, 5.74) is 2.50. The molecule has 0 aliphatic rings. The third kappa shape index (κ3) is 1.58. The van der Waals surface area contributed by atoms with Crippen molar-refractivity contribution < 1.29 is 0 Å². The molecule has 0 saturated heterocycles. The number of nitrogens with one attached hydrogen (secondary N) is 1. The fourth-order valence-electron chi connectivity index (χ4n) is 1.73. The van der Waals surface area contributed by atoms with Crippen molar-refractivity contribution in [3.63, 3.8) is 0 Å². The lowest BCUT2D eigenvalue weighted by Crippen LogP contribution is -1.87. The fourth-order valence-corrected chi connectivity index (χ4v) is 1.73. The molecule has 72 valence electrons. The van der Waals surface area contributed by atoms with E-state index in [1.54, 1.807) is 0 Å². The molecule has 1 unspecified atom stereocenters. The molecule has 1 heterocycles. The molecular weight excluding hydrogens is 170 g/mol. The maximum Gasteiger partial charge on any atom is 0.0456 e. The Hall–Kier alpha value is -1.50. The second-order valence-corrected chi connectivity index (χ2v) is 3.63. The smallest absolute Gasteiger partial charge is 0.0456 e. The molecule has 0 spiro atoms. The standard InChI is InChI=1S/C13H15N/c1-3-6-10(2)13-9-11-7-4-5-8-12(11)14-13/h3-10,14H,1-2H3/b6-3+. The lowest BCUT2D eigenvalue weighted by molar-refractivity contribution is 0.925. The third-order valence-corrected chi connectivity index (χ3v) is 2.52. The summed E-state index contributed by atoms with van der Waals surface area (Å²) in [5, 5.41) is 1.29. The highest BCUT2D eigenvalue weighted by Gasteiger charge is 2.04. The Morgan fingerprint density at radius 2 is 2.07 bits per heavy atom. The van der Waals surface area contributed by atoms with Crippen molar-refractivity contribution in [2.45, 2.75) is 19.8 Å². The Morgan fingerprint density at radius 3 is 2.79 bits per heavy atom. The quantitative estimate of drug-likeness (QED) is 0.684. The summed E-state index contributed by atoms with van der Waals surface area (Å²) in [5.74, 6) is 0.465. The van der Waals surface area contributed by atoms with Crippen LogP contribution in [0.3, 0.4) is 0 Å². The van der Waals surface area contributed by atoms with E-state index in [0.717, 1.165) is 0 Å². The van der Waals surface area contributed by atoms with E-state index in [2.05, 4.69) is 61.3 Å². The number of aromatic amines is 1. The lowest BCUT2D eigenvalue weighted by atomic mass is 10.1.